The molecule has 378 valence electrons. The number of phosphoric ester groups is 1. The lowest BCUT2D eigenvalue weighted by molar-refractivity contribution is -0.0922. The second-order valence-electron chi connectivity index (χ2n) is 16.5. The highest BCUT2D eigenvalue weighted by molar-refractivity contribution is 8.09. The number of halogens is 1. The van der Waals surface area contributed by atoms with E-state index in [1.807, 2.05) is 78.9 Å². The summed E-state index contributed by atoms with van der Waals surface area (Å²) in [5, 5.41) is 3.09. The van der Waals surface area contributed by atoms with Gasteiger partial charge in [-0.15, -0.1) is 0 Å². The molecule has 1 fully saturated rings. The summed E-state index contributed by atoms with van der Waals surface area (Å²) < 4.78 is 73.4. The van der Waals surface area contributed by atoms with Crippen LogP contribution in [0.4, 0.5) is 5.82 Å². The van der Waals surface area contributed by atoms with E-state index in [0.717, 1.165) is 16.7 Å². The lowest BCUT2D eigenvalue weighted by Crippen LogP contribution is -2.38. The van der Waals surface area contributed by atoms with Gasteiger partial charge in [-0.1, -0.05) is 121 Å². The van der Waals surface area contributed by atoms with Gasteiger partial charge in [0.1, 0.15) is 58.6 Å². The summed E-state index contributed by atoms with van der Waals surface area (Å²) in [6, 6.07) is 57.5. The summed E-state index contributed by atoms with van der Waals surface area (Å²) in [5.74, 6) is 1.25. The zero-order valence-electron chi connectivity index (χ0n) is 39.8. The van der Waals surface area contributed by atoms with Crippen LogP contribution in [-0.4, -0.2) is 48.5 Å². The standard InChI is InChI=1S/C55H48ClN3O12P2S/c1-63-44-29-23-41(24-30-44)55(40-17-9-4-10-18-40,42-25-31-45(64-2)32-26-42)65-38-50-49(37-52(66-50)59-36-35-51(58-54(59)61)57-53(60)39-15-7-3-8-16-39)70-73(74,69-48-33-27-43(56)28-34-48)71-72(62,67-46-19-11-5-12-20-46)68-47-21-13-6-14-22-47/h3-36,49-50,52H,37-38H2,1-2H3,(H,57,58,60,61)/t49-,50+,52+,73?/m0/s1. The molecule has 1 saturated heterocycles. The lowest BCUT2D eigenvalue weighted by atomic mass is 9.80. The molecule has 0 saturated carbocycles. The molecule has 74 heavy (non-hydrogen) atoms. The third-order valence-corrected chi connectivity index (χ3v) is 16.4. The van der Waals surface area contributed by atoms with Crippen LogP contribution in [0.25, 0.3) is 0 Å². The van der Waals surface area contributed by atoms with E-state index < -0.39 is 50.2 Å². The smallest absolute Gasteiger partial charge is 0.497 e. The van der Waals surface area contributed by atoms with Crippen LogP contribution in [0.1, 0.15) is 39.7 Å². The molecule has 0 aliphatic carbocycles. The van der Waals surface area contributed by atoms with E-state index in [9.17, 15) is 9.59 Å². The van der Waals surface area contributed by atoms with Crippen molar-refractivity contribution in [1.82, 2.24) is 9.55 Å². The van der Waals surface area contributed by atoms with Crippen molar-refractivity contribution >= 4 is 49.7 Å². The highest BCUT2D eigenvalue weighted by Crippen LogP contribution is 2.66. The number of hydrogen-bond acceptors (Lipinski definition) is 14. The van der Waals surface area contributed by atoms with Crippen molar-refractivity contribution in [2.45, 2.75) is 30.5 Å². The summed E-state index contributed by atoms with van der Waals surface area (Å²) in [7, 11) is -1.65. The SMILES string of the molecule is COc1ccc(C(OC[C@H]2O[C@@H](n3ccc(NC(=O)c4ccccc4)nc3=O)C[C@@H]2OP(=S)(Oc2ccc(Cl)cc2)OP(=O)(Oc2ccccc2)Oc2ccccc2)(c2ccccc2)c2ccc(OC)cc2)cc1. The summed E-state index contributed by atoms with van der Waals surface area (Å²) in [4.78, 5) is 31.3. The third-order valence-electron chi connectivity index (χ3n) is 11.7. The molecule has 9 rings (SSSR count). The molecule has 2 heterocycles. The topological polar surface area (TPSA) is 164 Å². The maximum absolute atomic E-state index is 15.2. The maximum atomic E-state index is 15.2. The Morgan fingerprint density at radius 1 is 0.676 bits per heavy atom. The first-order valence-corrected chi connectivity index (χ1v) is 27.5. The predicted octanol–water partition coefficient (Wildman–Crippen LogP) is 12.4. The van der Waals surface area contributed by atoms with Gasteiger partial charge in [0.25, 0.3) is 5.91 Å². The Labute approximate surface area is 437 Å². The fourth-order valence-electron chi connectivity index (χ4n) is 8.14. The Morgan fingerprint density at radius 3 is 1.69 bits per heavy atom. The highest BCUT2D eigenvalue weighted by Gasteiger charge is 2.49. The summed E-state index contributed by atoms with van der Waals surface area (Å²) in [6.07, 6.45) is -1.91. The number of carbonyl (C=O) groups excluding carboxylic acids is 1. The van der Waals surface area contributed by atoms with Crippen LogP contribution >= 0.6 is 26.1 Å². The zero-order valence-corrected chi connectivity index (χ0v) is 43.1. The first kappa shape index (κ1) is 51.8. The zero-order chi connectivity index (χ0) is 51.5. The van der Waals surface area contributed by atoms with E-state index in [2.05, 4.69) is 10.3 Å². The number of aromatic nitrogens is 2. The van der Waals surface area contributed by atoms with Crippen molar-refractivity contribution in [3.05, 3.63) is 244 Å². The normalized spacial score (nSPS) is 16.3. The van der Waals surface area contributed by atoms with Crippen molar-refractivity contribution < 1.29 is 50.7 Å². The van der Waals surface area contributed by atoms with E-state index in [0.29, 0.717) is 22.1 Å². The van der Waals surface area contributed by atoms with Gasteiger partial charge in [-0.2, -0.15) is 9.29 Å². The first-order valence-electron chi connectivity index (χ1n) is 23.1. The molecule has 1 aliphatic heterocycles. The van der Waals surface area contributed by atoms with E-state index in [4.69, 9.17) is 64.8 Å². The van der Waals surface area contributed by atoms with Gasteiger partial charge in [0, 0.05) is 35.0 Å². The van der Waals surface area contributed by atoms with E-state index >= 15 is 4.57 Å². The Hall–Kier alpha value is -7.10. The summed E-state index contributed by atoms with van der Waals surface area (Å²) >= 11 is 12.5. The van der Waals surface area contributed by atoms with Crippen LogP contribution in [-0.2, 0) is 40.3 Å². The quantitative estimate of drug-likeness (QED) is 0.0534. The molecule has 1 unspecified atom stereocenters. The number of ether oxygens (including phenoxy) is 4. The average molecular weight is 1070 g/mol. The minimum atomic E-state index is -4.83. The van der Waals surface area contributed by atoms with Gasteiger partial charge in [-0.25, -0.2) is 9.36 Å². The molecule has 7 aromatic carbocycles. The van der Waals surface area contributed by atoms with Crippen LogP contribution < -0.4 is 34.1 Å². The number of phosphoric acid groups is 1. The molecule has 1 N–H and O–H groups in total. The van der Waals surface area contributed by atoms with Crippen LogP contribution in [0.2, 0.25) is 5.02 Å². The van der Waals surface area contributed by atoms with Crippen LogP contribution in [0.3, 0.4) is 0 Å². The van der Waals surface area contributed by atoms with Crippen molar-refractivity contribution in [3.8, 4) is 28.7 Å². The number of amides is 1. The van der Waals surface area contributed by atoms with Crippen LogP contribution in [0.5, 0.6) is 28.7 Å². The number of anilines is 1. The monoisotopic (exact) mass is 1070 g/mol. The highest BCUT2D eigenvalue weighted by atomic mass is 35.5. The largest absolute Gasteiger partial charge is 0.595 e. The Kier molecular flexibility index (Phi) is 16.4. The third kappa shape index (κ3) is 12.4. The molecular weight excluding hydrogens is 1020 g/mol. The molecular formula is C55H48ClN3O12P2S. The van der Waals surface area contributed by atoms with Gasteiger partial charge in [-0.05, 0) is 108 Å². The molecule has 0 radical (unpaired) electrons. The summed E-state index contributed by atoms with van der Waals surface area (Å²) in [6.45, 7) is -4.64. The number of carbonyl (C=O) groups is 1. The number of hydrogen-bond donors (Lipinski definition) is 1. The minimum absolute atomic E-state index is 0.0188. The average Bonchev–Trinajstić information content (AvgIpc) is 3.81. The fourth-order valence-corrected chi connectivity index (χ4v) is 12.9. The Balaban J connectivity index is 1.13. The van der Waals surface area contributed by atoms with Crippen molar-refractivity contribution in [2.75, 3.05) is 26.1 Å². The molecule has 8 aromatic rings. The number of rotatable bonds is 21. The molecule has 4 atom stereocenters. The van der Waals surface area contributed by atoms with Crippen molar-refractivity contribution in [3.63, 3.8) is 0 Å². The van der Waals surface area contributed by atoms with Gasteiger partial charge in [0.2, 0.25) is 0 Å². The van der Waals surface area contributed by atoms with E-state index in [-0.39, 0.29) is 36.1 Å². The molecule has 1 amide bonds. The number of para-hydroxylation sites is 2. The van der Waals surface area contributed by atoms with Gasteiger partial charge in [-0.3, -0.25) is 13.9 Å². The van der Waals surface area contributed by atoms with Crippen molar-refractivity contribution in [1.29, 1.82) is 0 Å². The predicted molar refractivity (Wildman–Crippen MR) is 284 cm³/mol. The fraction of sp³-hybridized carbons (Fsp3) is 0.145. The first-order chi connectivity index (χ1) is 35.9. The lowest BCUT2D eigenvalue weighted by Gasteiger charge is -2.37. The Morgan fingerprint density at radius 2 is 1.16 bits per heavy atom. The second-order valence-corrected chi connectivity index (χ2v) is 21.5. The van der Waals surface area contributed by atoms with Crippen molar-refractivity contribution in [2.24, 2.45) is 0 Å². The molecule has 0 bridgehead atoms. The van der Waals surface area contributed by atoms with E-state index in [1.54, 1.807) is 129 Å². The molecule has 15 nitrogen and oxygen atoms in total. The summed E-state index contributed by atoms with van der Waals surface area (Å²) in [5.41, 5.74) is 0.512. The van der Waals surface area contributed by atoms with Gasteiger partial charge in [0.15, 0.2) is 0 Å². The van der Waals surface area contributed by atoms with Gasteiger partial charge < -0.3 is 37.8 Å². The minimum Gasteiger partial charge on any atom is -0.497 e. The molecule has 0 spiro atoms. The number of methoxy groups -OCH3 is 2. The van der Waals surface area contributed by atoms with Crippen LogP contribution in [0, 0.1) is 0 Å². The maximum Gasteiger partial charge on any atom is 0.595 e. The molecule has 19 heteroatoms. The molecule has 1 aliphatic rings. The van der Waals surface area contributed by atoms with E-state index in [1.165, 1.54) is 16.8 Å². The number of nitrogens with zero attached hydrogens (tertiary/aromatic N) is 2. The van der Waals surface area contributed by atoms with Gasteiger partial charge >= 0.3 is 20.2 Å². The van der Waals surface area contributed by atoms with Gasteiger partial charge in [0.05, 0.1) is 20.8 Å². The van der Waals surface area contributed by atoms with Crippen LogP contribution in [0.15, 0.2) is 211 Å². The molecule has 1 aromatic heterocycles. The number of benzene rings is 7. The Bertz CT molecular complexity index is 3200. The number of nitrogens with one attached hydrogen (secondary N) is 1. The second kappa shape index (κ2) is 23.4.